The fourth-order valence-electron chi connectivity index (χ4n) is 2.52. The average molecular weight is 569 g/mol. The van der Waals surface area contributed by atoms with Crippen LogP contribution in [0.3, 0.4) is 0 Å². The summed E-state index contributed by atoms with van der Waals surface area (Å²) in [6, 6.07) is 14.0. The normalized spacial score (nSPS) is 10.5. The van der Waals surface area contributed by atoms with Crippen LogP contribution in [0.1, 0.15) is 23.1 Å². The zero-order valence-electron chi connectivity index (χ0n) is 18.8. The van der Waals surface area contributed by atoms with Crippen LogP contribution in [0.25, 0.3) is 6.08 Å². The molecule has 0 aliphatic heterocycles. The summed E-state index contributed by atoms with van der Waals surface area (Å²) in [7, 11) is 5.52. The number of benzene rings is 2. The molecule has 33 heavy (non-hydrogen) atoms. The van der Waals surface area contributed by atoms with Gasteiger partial charge in [0.25, 0.3) is 0 Å². The molecule has 2 aromatic rings. The summed E-state index contributed by atoms with van der Waals surface area (Å²) in [5, 5.41) is 14.8. The van der Waals surface area contributed by atoms with Crippen molar-refractivity contribution in [3.05, 3.63) is 68.8 Å². The second kappa shape index (κ2) is 15.0. The summed E-state index contributed by atoms with van der Waals surface area (Å²) in [4.78, 5) is 31.9. The molecule has 0 atom stereocenters. The highest BCUT2D eigenvalue weighted by Crippen LogP contribution is 2.24. The third-order valence-electron chi connectivity index (χ3n) is 4.21. The average Bonchev–Trinajstić information content (AvgIpc) is 2.77. The minimum absolute atomic E-state index is 0.245. The van der Waals surface area contributed by atoms with Gasteiger partial charge in [0.2, 0.25) is 0 Å². The SMILES string of the molecule is COC(=O)Cc1ccc(OCc2ccccc2I)c(/C=C/CCN(C)C)c1.O=C(O)C(=O)O. The molecule has 0 spiro atoms. The number of carbonyl (C=O) groups excluding carboxylic acids is 1. The van der Waals surface area contributed by atoms with Gasteiger partial charge in [-0.25, -0.2) is 9.59 Å². The van der Waals surface area contributed by atoms with E-state index in [9.17, 15) is 4.79 Å². The number of carbonyl (C=O) groups is 3. The Morgan fingerprint density at radius 1 is 1.06 bits per heavy atom. The highest BCUT2D eigenvalue weighted by molar-refractivity contribution is 14.1. The van der Waals surface area contributed by atoms with Gasteiger partial charge in [0.15, 0.2) is 0 Å². The maximum atomic E-state index is 11.6. The van der Waals surface area contributed by atoms with Crippen LogP contribution >= 0.6 is 22.6 Å². The van der Waals surface area contributed by atoms with Crippen LogP contribution in [-0.4, -0.2) is 60.8 Å². The molecule has 0 saturated heterocycles. The van der Waals surface area contributed by atoms with E-state index in [2.05, 4.69) is 65.9 Å². The van der Waals surface area contributed by atoms with Gasteiger partial charge in [-0.3, -0.25) is 4.79 Å². The van der Waals surface area contributed by atoms with E-state index in [0.29, 0.717) is 6.61 Å². The van der Waals surface area contributed by atoms with E-state index in [4.69, 9.17) is 29.3 Å². The second-order valence-electron chi connectivity index (χ2n) is 7.11. The van der Waals surface area contributed by atoms with Gasteiger partial charge in [-0.05, 0) is 66.9 Å². The van der Waals surface area contributed by atoms with E-state index in [0.717, 1.165) is 35.4 Å². The third kappa shape index (κ3) is 11.5. The van der Waals surface area contributed by atoms with Gasteiger partial charge in [-0.1, -0.05) is 36.4 Å². The van der Waals surface area contributed by atoms with Gasteiger partial charge >= 0.3 is 17.9 Å². The van der Waals surface area contributed by atoms with Gasteiger partial charge in [0.1, 0.15) is 12.4 Å². The molecular formula is C24H28INO7. The van der Waals surface area contributed by atoms with E-state index in [1.807, 2.05) is 30.3 Å². The van der Waals surface area contributed by atoms with Gasteiger partial charge in [0.05, 0.1) is 13.5 Å². The van der Waals surface area contributed by atoms with E-state index in [1.165, 1.54) is 10.7 Å². The van der Waals surface area contributed by atoms with Crippen LogP contribution in [0.2, 0.25) is 0 Å². The van der Waals surface area contributed by atoms with Gasteiger partial charge in [0, 0.05) is 21.2 Å². The minimum atomic E-state index is -1.82. The van der Waals surface area contributed by atoms with Crippen LogP contribution < -0.4 is 4.74 Å². The predicted molar refractivity (Wildman–Crippen MR) is 133 cm³/mol. The highest BCUT2D eigenvalue weighted by atomic mass is 127. The van der Waals surface area contributed by atoms with E-state index in [-0.39, 0.29) is 12.4 Å². The monoisotopic (exact) mass is 569 g/mol. The maximum Gasteiger partial charge on any atom is 0.414 e. The van der Waals surface area contributed by atoms with Crippen molar-refractivity contribution in [3.8, 4) is 5.75 Å². The zero-order valence-corrected chi connectivity index (χ0v) is 20.9. The Balaban J connectivity index is 0.000000801. The molecule has 9 heteroatoms. The van der Waals surface area contributed by atoms with Crippen molar-refractivity contribution in [1.29, 1.82) is 0 Å². The van der Waals surface area contributed by atoms with Crippen LogP contribution in [0.5, 0.6) is 5.75 Å². The van der Waals surface area contributed by atoms with E-state index < -0.39 is 11.9 Å². The molecule has 0 aliphatic carbocycles. The Bertz CT molecular complexity index is 961. The first-order chi connectivity index (χ1) is 15.6. The third-order valence-corrected chi connectivity index (χ3v) is 5.27. The molecule has 0 amide bonds. The van der Waals surface area contributed by atoms with Gasteiger partial charge < -0.3 is 24.6 Å². The molecule has 8 nitrogen and oxygen atoms in total. The minimum Gasteiger partial charge on any atom is -0.488 e. The van der Waals surface area contributed by atoms with Crippen LogP contribution in [0, 0.1) is 3.57 Å². The quantitative estimate of drug-likeness (QED) is 0.267. The summed E-state index contributed by atoms with van der Waals surface area (Å²) < 4.78 is 12.0. The zero-order chi connectivity index (χ0) is 24.8. The number of methoxy groups -OCH3 is 1. The van der Waals surface area contributed by atoms with E-state index in [1.54, 1.807) is 0 Å². The van der Waals surface area contributed by atoms with E-state index >= 15 is 0 Å². The van der Waals surface area contributed by atoms with Crippen molar-refractivity contribution in [3.63, 3.8) is 0 Å². The molecule has 0 heterocycles. The lowest BCUT2D eigenvalue weighted by atomic mass is 10.1. The summed E-state index contributed by atoms with van der Waals surface area (Å²) in [6.45, 7) is 1.49. The lowest BCUT2D eigenvalue weighted by Gasteiger charge is -2.12. The summed E-state index contributed by atoms with van der Waals surface area (Å²) in [5.41, 5.74) is 3.04. The van der Waals surface area contributed by atoms with Crippen molar-refractivity contribution < 1.29 is 34.1 Å². The number of hydrogen-bond donors (Lipinski definition) is 2. The number of nitrogens with zero attached hydrogens (tertiary/aromatic N) is 1. The molecule has 2 N–H and O–H groups in total. The van der Waals surface area contributed by atoms with Crippen LogP contribution in [0.15, 0.2) is 48.5 Å². The standard InChI is InChI=1S/C22H26INO3.C2H2O4/c1-24(2)13-7-6-8-18-14-17(15-22(25)26-3)11-12-21(18)27-16-19-9-4-5-10-20(19)23;3-1(4)2(5)6/h4-6,8-12,14H,7,13,15-16H2,1-3H3;(H,3,4)(H,5,6)/b8-6+;. The Hall–Kier alpha value is -2.92. The Morgan fingerprint density at radius 2 is 1.73 bits per heavy atom. The number of aliphatic carboxylic acids is 2. The molecule has 0 aliphatic rings. The molecule has 2 aromatic carbocycles. The number of carboxylic acid groups (broad SMARTS) is 2. The molecular weight excluding hydrogens is 541 g/mol. The number of halogens is 1. The first-order valence-electron chi connectivity index (χ1n) is 9.97. The Labute approximate surface area is 207 Å². The molecule has 0 aromatic heterocycles. The number of hydrogen-bond acceptors (Lipinski definition) is 6. The van der Waals surface area contributed by atoms with Crippen molar-refractivity contribution in [2.75, 3.05) is 27.7 Å². The van der Waals surface area contributed by atoms with Crippen molar-refractivity contribution in [2.45, 2.75) is 19.4 Å². The lowest BCUT2D eigenvalue weighted by molar-refractivity contribution is -0.159. The fraction of sp³-hybridized carbons (Fsp3) is 0.292. The molecule has 0 saturated carbocycles. The smallest absolute Gasteiger partial charge is 0.414 e. The summed E-state index contributed by atoms with van der Waals surface area (Å²) in [5.74, 6) is -3.08. The number of rotatable bonds is 9. The first-order valence-corrected chi connectivity index (χ1v) is 11.0. The number of carboxylic acids is 2. The van der Waals surface area contributed by atoms with Crippen LogP contribution in [-0.2, 0) is 32.1 Å². The Morgan fingerprint density at radius 3 is 2.30 bits per heavy atom. The van der Waals surface area contributed by atoms with Gasteiger partial charge in [-0.15, -0.1) is 0 Å². The molecule has 2 rings (SSSR count). The summed E-state index contributed by atoms with van der Waals surface area (Å²) in [6.07, 6.45) is 5.40. The Kier molecular flexibility index (Phi) is 12.8. The maximum absolute atomic E-state index is 11.6. The van der Waals surface area contributed by atoms with Crippen molar-refractivity contribution in [2.24, 2.45) is 0 Å². The van der Waals surface area contributed by atoms with Crippen molar-refractivity contribution >= 4 is 46.6 Å². The number of esters is 1. The number of ether oxygens (including phenoxy) is 2. The second-order valence-corrected chi connectivity index (χ2v) is 8.27. The molecule has 0 fully saturated rings. The summed E-state index contributed by atoms with van der Waals surface area (Å²) >= 11 is 2.32. The molecule has 0 bridgehead atoms. The van der Waals surface area contributed by atoms with Gasteiger partial charge in [-0.2, -0.15) is 0 Å². The molecule has 0 radical (unpaired) electrons. The predicted octanol–water partition coefficient (Wildman–Crippen LogP) is 3.71. The first kappa shape index (κ1) is 28.1. The molecule has 0 unspecified atom stereocenters. The van der Waals surface area contributed by atoms with Crippen LogP contribution in [0.4, 0.5) is 0 Å². The van der Waals surface area contributed by atoms with Crippen molar-refractivity contribution in [1.82, 2.24) is 4.90 Å². The topological polar surface area (TPSA) is 113 Å². The lowest BCUT2D eigenvalue weighted by Crippen LogP contribution is -2.11. The fourth-order valence-corrected chi connectivity index (χ4v) is 3.07. The largest absolute Gasteiger partial charge is 0.488 e. The highest BCUT2D eigenvalue weighted by Gasteiger charge is 2.08. The molecule has 178 valence electrons.